The fraction of sp³-hybridized carbons (Fsp3) is 0.611. The van der Waals surface area contributed by atoms with Crippen LogP contribution in [0.1, 0.15) is 6.42 Å². The Labute approximate surface area is 143 Å². The first kappa shape index (κ1) is 17.2. The lowest BCUT2D eigenvalue weighted by Gasteiger charge is -2.32. The summed E-state index contributed by atoms with van der Waals surface area (Å²) >= 11 is 0. The summed E-state index contributed by atoms with van der Waals surface area (Å²) in [6.07, 6.45) is 0.786. The highest BCUT2D eigenvalue weighted by molar-refractivity contribution is 5.80. The molecule has 3 rings (SSSR count). The Morgan fingerprint density at radius 3 is 2.71 bits per heavy atom. The van der Waals surface area contributed by atoms with Gasteiger partial charge in [0.05, 0.1) is 11.6 Å². The van der Waals surface area contributed by atoms with Crippen LogP contribution in [0.5, 0.6) is 0 Å². The minimum atomic E-state index is -0.214. The zero-order chi connectivity index (χ0) is 16.9. The first-order valence-electron chi connectivity index (χ1n) is 8.81. The summed E-state index contributed by atoms with van der Waals surface area (Å²) in [4.78, 5) is 19.0. The molecule has 6 heteroatoms. The van der Waals surface area contributed by atoms with Gasteiger partial charge in [-0.05, 0) is 25.6 Å². The van der Waals surface area contributed by atoms with Gasteiger partial charge in [0, 0.05) is 52.4 Å². The molecule has 1 atom stereocenters. The van der Waals surface area contributed by atoms with Gasteiger partial charge in [-0.15, -0.1) is 0 Å². The summed E-state index contributed by atoms with van der Waals surface area (Å²) in [5.74, 6) is -0.159. The molecule has 1 aromatic rings. The van der Waals surface area contributed by atoms with Gasteiger partial charge in [-0.1, -0.05) is 12.1 Å². The average Bonchev–Trinajstić information content (AvgIpc) is 3.07. The molecule has 1 N–H and O–H groups in total. The van der Waals surface area contributed by atoms with E-state index in [2.05, 4.69) is 22.2 Å². The number of likely N-dealkylation sites (N-methyl/N-ethyl adjacent to an activating group) is 1. The van der Waals surface area contributed by atoms with Gasteiger partial charge in [-0.25, -0.2) is 4.39 Å². The van der Waals surface area contributed by atoms with E-state index >= 15 is 0 Å². The molecule has 1 unspecified atom stereocenters. The molecule has 0 aromatic heterocycles. The number of hydrogen-bond acceptors (Lipinski definition) is 4. The Morgan fingerprint density at radius 1 is 1.21 bits per heavy atom. The van der Waals surface area contributed by atoms with E-state index in [0.29, 0.717) is 18.8 Å². The van der Waals surface area contributed by atoms with Crippen molar-refractivity contribution in [1.29, 1.82) is 0 Å². The van der Waals surface area contributed by atoms with Crippen molar-refractivity contribution in [3.8, 4) is 0 Å². The molecule has 132 valence electrons. The van der Waals surface area contributed by atoms with Crippen molar-refractivity contribution >= 4 is 11.6 Å². The van der Waals surface area contributed by atoms with Crippen molar-refractivity contribution in [3.05, 3.63) is 30.1 Å². The maximum absolute atomic E-state index is 13.9. The van der Waals surface area contributed by atoms with E-state index in [9.17, 15) is 9.18 Å². The van der Waals surface area contributed by atoms with E-state index in [1.54, 1.807) is 12.1 Å². The van der Waals surface area contributed by atoms with Crippen LogP contribution in [0.25, 0.3) is 0 Å². The quantitative estimate of drug-likeness (QED) is 0.873. The van der Waals surface area contributed by atoms with E-state index in [1.807, 2.05) is 11.0 Å². The van der Waals surface area contributed by atoms with Crippen LogP contribution in [0.4, 0.5) is 10.1 Å². The third-order valence-corrected chi connectivity index (χ3v) is 5.08. The first-order valence-corrected chi connectivity index (χ1v) is 8.81. The monoisotopic (exact) mass is 334 g/mol. The number of piperazine rings is 1. The van der Waals surface area contributed by atoms with Crippen molar-refractivity contribution in [1.82, 2.24) is 15.1 Å². The molecule has 0 radical (unpaired) electrons. The van der Waals surface area contributed by atoms with Gasteiger partial charge in [0.1, 0.15) is 5.82 Å². The number of hydrogen-bond donors (Lipinski definition) is 1. The number of benzene rings is 1. The molecular formula is C18H27FN4O. The number of nitrogens with zero attached hydrogens (tertiary/aromatic N) is 3. The Bertz CT molecular complexity index is 560. The molecule has 2 aliphatic heterocycles. The highest BCUT2D eigenvalue weighted by Crippen LogP contribution is 2.26. The van der Waals surface area contributed by atoms with Crippen LogP contribution in [0.2, 0.25) is 0 Å². The smallest absolute Gasteiger partial charge is 0.225 e. The molecule has 0 bridgehead atoms. The summed E-state index contributed by atoms with van der Waals surface area (Å²) in [6, 6.07) is 6.78. The van der Waals surface area contributed by atoms with E-state index in [-0.39, 0.29) is 17.6 Å². The fourth-order valence-corrected chi connectivity index (χ4v) is 3.45. The van der Waals surface area contributed by atoms with Crippen LogP contribution in [0.3, 0.4) is 0 Å². The molecule has 2 saturated heterocycles. The van der Waals surface area contributed by atoms with Crippen LogP contribution in [0, 0.1) is 11.7 Å². The first-order chi connectivity index (χ1) is 11.6. The number of rotatable bonds is 5. The van der Waals surface area contributed by atoms with Crippen molar-refractivity contribution < 1.29 is 9.18 Å². The lowest BCUT2D eigenvalue weighted by molar-refractivity contribution is -0.124. The summed E-state index contributed by atoms with van der Waals surface area (Å²) in [6.45, 7) is 7.25. The zero-order valence-corrected chi connectivity index (χ0v) is 14.4. The molecule has 5 nitrogen and oxygen atoms in total. The standard InChI is InChI=1S/C18H27FN4O/c1-21-10-12-22(13-11-21)9-7-20-18(24)15-6-8-23(14-15)17-5-3-2-4-16(17)19/h2-5,15H,6-14H2,1H3,(H,20,24). The van der Waals surface area contributed by atoms with Gasteiger partial charge in [0.15, 0.2) is 0 Å². The van der Waals surface area contributed by atoms with Crippen molar-refractivity contribution in [3.63, 3.8) is 0 Å². The summed E-state index contributed by atoms with van der Waals surface area (Å²) in [7, 11) is 2.14. The van der Waals surface area contributed by atoms with Crippen LogP contribution in [-0.4, -0.2) is 75.1 Å². The van der Waals surface area contributed by atoms with Gasteiger partial charge in [0.2, 0.25) is 5.91 Å². The predicted molar refractivity (Wildman–Crippen MR) is 93.7 cm³/mol. The number of carbonyl (C=O) groups is 1. The third-order valence-electron chi connectivity index (χ3n) is 5.08. The second kappa shape index (κ2) is 7.94. The van der Waals surface area contributed by atoms with Crippen LogP contribution < -0.4 is 10.2 Å². The summed E-state index contributed by atoms with van der Waals surface area (Å²) in [5, 5.41) is 3.06. The van der Waals surface area contributed by atoms with Crippen LogP contribution >= 0.6 is 0 Å². The number of para-hydroxylation sites is 1. The van der Waals surface area contributed by atoms with E-state index < -0.39 is 0 Å². The lowest BCUT2D eigenvalue weighted by Crippen LogP contribution is -2.47. The number of carbonyl (C=O) groups excluding carboxylic acids is 1. The molecule has 0 aliphatic carbocycles. The van der Waals surface area contributed by atoms with Gasteiger partial charge in [-0.2, -0.15) is 0 Å². The largest absolute Gasteiger partial charge is 0.368 e. The zero-order valence-electron chi connectivity index (χ0n) is 14.4. The van der Waals surface area contributed by atoms with E-state index in [1.165, 1.54) is 6.07 Å². The number of anilines is 1. The SMILES string of the molecule is CN1CCN(CCNC(=O)C2CCN(c3ccccc3F)C2)CC1. The van der Waals surface area contributed by atoms with Crippen LogP contribution in [-0.2, 0) is 4.79 Å². The molecule has 2 aliphatic rings. The van der Waals surface area contributed by atoms with Crippen molar-refractivity contribution in [2.24, 2.45) is 5.92 Å². The molecule has 1 amide bonds. The van der Waals surface area contributed by atoms with Gasteiger partial charge in [-0.3, -0.25) is 9.69 Å². The Kier molecular flexibility index (Phi) is 5.68. The highest BCUT2D eigenvalue weighted by atomic mass is 19.1. The predicted octanol–water partition coefficient (Wildman–Crippen LogP) is 1.02. The molecule has 0 spiro atoms. The second-order valence-electron chi connectivity index (χ2n) is 6.82. The second-order valence-corrected chi connectivity index (χ2v) is 6.82. The summed E-state index contributed by atoms with van der Waals surface area (Å²) in [5.41, 5.74) is 0.602. The van der Waals surface area contributed by atoms with Crippen LogP contribution in [0.15, 0.2) is 24.3 Å². The Hall–Kier alpha value is -1.66. The highest BCUT2D eigenvalue weighted by Gasteiger charge is 2.29. The molecular weight excluding hydrogens is 307 g/mol. The Morgan fingerprint density at radius 2 is 1.96 bits per heavy atom. The van der Waals surface area contributed by atoms with E-state index in [4.69, 9.17) is 0 Å². The third kappa shape index (κ3) is 4.24. The fourth-order valence-electron chi connectivity index (χ4n) is 3.45. The summed E-state index contributed by atoms with van der Waals surface area (Å²) < 4.78 is 13.9. The molecule has 2 fully saturated rings. The van der Waals surface area contributed by atoms with E-state index in [0.717, 1.165) is 45.7 Å². The van der Waals surface area contributed by atoms with Gasteiger partial charge >= 0.3 is 0 Å². The van der Waals surface area contributed by atoms with Crippen molar-refractivity contribution in [2.45, 2.75) is 6.42 Å². The molecule has 0 saturated carbocycles. The van der Waals surface area contributed by atoms with Gasteiger partial charge in [0.25, 0.3) is 0 Å². The lowest BCUT2D eigenvalue weighted by atomic mass is 10.1. The maximum Gasteiger partial charge on any atom is 0.225 e. The number of nitrogens with one attached hydrogen (secondary N) is 1. The number of halogens is 1. The van der Waals surface area contributed by atoms with Gasteiger partial charge < -0.3 is 15.1 Å². The maximum atomic E-state index is 13.9. The molecule has 1 aromatic carbocycles. The molecule has 2 heterocycles. The topological polar surface area (TPSA) is 38.8 Å². The minimum absolute atomic E-state index is 0.0444. The normalized spacial score (nSPS) is 22.8. The Balaban J connectivity index is 1.41. The average molecular weight is 334 g/mol. The van der Waals surface area contributed by atoms with Crippen molar-refractivity contribution in [2.75, 3.05) is 64.3 Å². The minimum Gasteiger partial charge on any atom is -0.368 e. The number of amides is 1. The molecule has 24 heavy (non-hydrogen) atoms.